The van der Waals surface area contributed by atoms with Gasteiger partial charge in [0.15, 0.2) is 0 Å². The first kappa shape index (κ1) is 14.1. The third-order valence-corrected chi connectivity index (χ3v) is 3.74. The zero-order chi connectivity index (χ0) is 13.1. The second kappa shape index (κ2) is 5.60. The van der Waals surface area contributed by atoms with Gasteiger partial charge in [-0.25, -0.2) is 8.42 Å². The van der Waals surface area contributed by atoms with Crippen molar-refractivity contribution in [2.75, 3.05) is 19.1 Å². The van der Waals surface area contributed by atoms with E-state index in [1.165, 1.54) is 6.26 Å². The molecule has 0 saturated carbocycles. The molecule has 17 heavy (non-hydrogen) atoms. The Morgan fingerprint density at radius 2 is 2.00 bits per heavy atom. The van der Waals surface area contributed by atoms with Gasteiger partial charge in [0, 0.05) is 23.7 Å². The molecule has 1 heterocycles. The molecule has 0 bridgehead atoms. The fourth-order valence-electron chi connectivity index (χ4n) is 1.85. The van der Waals surface area contributed by atoms with Crippen LogP contribution in [0.4, 0.5) is 0 Å². The van der Waals surface area contributed by atoms with E-state index in [0.717, 1.165) is 17.0 Å². The van der Waals surface area contributed by atoms with E-state index in [9.17, 15) is 8.42 Å². The van der Waals surface area contributed by atoms with Crippen molar-refractivity contribution >= 4 is 9.84 Å². The van der Waals surface area contributed by atoms with Crippen LogP contribution in [0.1, 0.15) is 29.4 Å². The number of aromatic nitrogens is 1. The van der Waals surface area contributed by atoms with Gasteiger partial charge in [0.05, 0.1) is 5.75 Å². The molecule has 96 valence electrons. The molecule has 1 aromatic rings. The van der Waals surface area contributed by atoms with Crippen molar-refractivity contribution in [1.82, 2.24) is 10.3 Å². The van der Waals surface area contributed by atoms with Crippen LogP contribution in [0.15, 0.2) is 12.1 Å². The number of rotatable bonds is 5. The highest BCUT2D eigenvalue weighted by Gasteiger charge is 2.15. The fourth-order valence-corrected chi connectivity index (χ4v) is 2.52. The number of pyridine rings is 1. The Hall–Kier alpha value is -0.940. The summed E-state index contributed by atoms with van der Waals surface area (Å²) in [7, 11) is -1.08. The van der Waals surface area contributed by atoms with E-state index in [4.69, 9.17) is 0 Å². The molecular weight excluding hydrogens is 236 g/mol. The normalized spacial score (nSPS) is 13.6. The van der Waals surface area contributed by atoms with Crippen LogP contribution in [0.25, 0.3) is 0 Å². The van der Waals surface area contributed by atoms with Gasteiger partial charge in [-0.1, -0.05) is 6.07 Å². The van der Waals surface area contributed by atoms with E-state index in [1.54, 1.807) is 0 Å². The topological polar surface area (TPSA) is 59.1 Å². The molecule has 0 aliphatic carbocycles. The zero-order valence-corrected chi connectivity index (χ0v) is 11.6. The number of hydrogen-bond acceptors (Lipinski definition) is 4. The lowest BCUT2D eigenvalue weighted by Crippen LogP contribution is -2.21. The number of hydrogen-bond donors (Lipinski definition) is 1. The van der Waals surface area contributed by atoms with Crippen LogP contribution in [-0.4, -0.2) is 32.5 Å². The van der Waals surface area contributed by atoms with Gasteiger partial charge in [-0.3, -0.25) is 4.98 Å². The maximum absolute atomic E-state index is 11.2. The molecule has 0 aromatic carbocycles. The number of aryl methyl sites for hydroxylation is 2. The van der Waals surface area contributed by atoms with Crippen molar-refractivity contribution in [2.24, 2.45) is 0 Å². The second-order valence-electron chi connectivity index (χ2n) is 4.39. The molecule has 0 aliphatic rings. The average molecular weight is 256 g/mol. The van der Waals surface area contributed by atoms with Crippen molar-refractivity contribution < 1.29 is 8.42 Å². The van der Waals surface area contributed by atoms with Crippen molar-refractivity contribution in [3.63, 3.8) is 0 Å². The predicted octanol–water partition coefficient (Wildman–Crippen LogP) is 1.39. The summed E-state index contributed by atoms with van der Waals surface area (Å²) in [5, 5.41) is 3.15. The third-order valence-electron chi connectivity index (χ3n) is 2.77. The molecule has 4 nitrogen and oxygen atoms in total. The average Bonchev–Trinajstić information content (AvgIpc) is 2.19. The minimum Gasteiger partial charge on any atom is -0.313 e. The summed E-state index contributed by atoms with van der Waals surface area (Å²) in [6, 6.07) is 4.01. The van der Waals surface area contributed by atoms with Crippen LogP contribution in [0, 0.1) is 13.8 Å². The lowest BCUT2D eigenvalue weighted by Gasteiger charge is -2.18. The number of nitrogens with zero attached hydrogens (tertiary/aromatic N) is 1. The summed E-state index contributed by atoms with van der Waals surface area (Å²) in [5.41, 5.74) is 3.00. The summed E-state index contributed by atoms with van der Waals surface area (Å²) in [5.74, 6) is 0.186. The summed E-state index contributed by atoms with van der Waals surface area (Å²) >= 11 is 0. The van der Waals surface area contributed by atoms with Gasteiger partial charge in [-0.05, 0) is 38.9 Å². The Bertz CT molecular complexity index is 483. The number of sulfone groups is 1. The van der Waals surface area contributed by atoms with E-state index in [-0.39, 0.29) is 11.8 Å². The highest BCUT2D eigenvalue weighted by molar-refractivity contribution is 7.90. The first-order valence-corrected chi connectivity index (χ1v) is 7.68. The van der Waals surface area contributed by atoms with Crippen LogP contribution >= 0.6 is 0 Å². The standard InChI is InChI=1S/C12H20N2O2S/c1-9-5-6-11(10(2)14-9)12(13-3)7-8-17(4,15)16/h5-6,12-13H,7-8H2,1-4H3. The van der Waals surface area contributed by atoms with Gasteiger partial charge in [-0.15, -0.1) is 0 Å². The maximum atomic E-state index is 11.2. The first-order valence-electron chi connectivity index (χ1n) is 5.62. The molecule has 1 unspecified atom stereocenters. The van der Waals surface area contributed by atoms with E-state index < -0.39 is 9.84 Å². The minimum atomic E-state index is -2.92. The van der Waals surface area contributed by atoms with Crippen molar-refractivity contribution in [1.29, 1.82) is 0 Å². The van der Waals surface area contributed by atoms with Gasteiger partial charge in [0.25, 0.3) is 0 Å². The van der Waals surface area contributed by atoms with Gasteiger partial charge in [0.1, 0.15) is 9.84 Å². The smallest absolute Gasteiger partial charge is 0.147 e. The summed E-state index contributed by atoms with van der Waals surface area (Å²) in [6.45, 7) is 3.90. The highest BCUT2D eigenvalue weighted by atomic mass is 32.2. The molecule has 0 aliphatic heterocycles. The van der Waals surface area contributed by atoms with Crippen LogP contribution in [0.5, 0.6) is 0 Å². The molecule has 0 fully saturated rings. The van der Waals surface area contributed by atoms with Crippen LogP contribution in [0.3, 0.4) is 0 Å². The Kier molecular flexibility index (Phi) is 4.65. The summed E-state index contributed by atoms with van der Waals surface area (Å²) in [4.78, 5) is 4.40. The molecular formula is C12H20N2O2S. The van der Waals surface area contributed by atoms with Gasteiger partial charge in [0.2, 0.25) is 0 Å². The molecule has 1 N–H and O–H groups in total. The lowest BCUT2D eigenvalue weighted by atomic mass is 10.0. The molecule has 0 saturated heterocycles. The minimum absolute atomic E-state index is 0.0397. The quantitative estimate of drug-likeness (QED) is 0.865. The van der Waals surface area contributed by atoms with Crippen LogP contribution in [-0.2, 0) is 9.84 Å². The van der Waals surface area contributed by atoms with Crippen LogP contribution in [0.2, 0.25) is 0 Å². The Labute approximate surface area is 103 Å². The lowest BCUT2D eigenvalue weighted by molar-refractivity contribution is 0.555. The predicted molar refractivity (Wildman–Crippen MR) is 69.8 cm³/mol. The Morgan fingerprint density at radius 3 is 2.47 bits per heavy atom. The molecule has 1 rings (SSSR count). The number of nitrogens with one attached hydrogen (secondary N) is 1. The third kappa shape index (κ3) is 4.44. The summed E-state index contributed by atoms with van der Waals surface area (Å²) in [6.07, 6.45) is 1.83. The highest BCUT2D eigenvalue weighted by Crippen LogP contribution is 2.20. The van der Waals surface area contributed by atoms with E-state index in [1.807, 2.05) is 33.0 Å². The molecule has 0 radical (unpaired) electrons. The maximum Gasteiger partial charge on any atom is 0.147 e. The van der Waals surface area contributed by atoms with Crippen molar-refractivity contribution in [3.8, 4) is 0 Å². The SMILES string of the molecule is CNC(CCS(C)(=O)=O)c1ccc(C)nc1C. The van der Waals surface area contributed by atoms with Crippen molar-refractivity contribution in [2.45, 2.75) is 26.3 Å². The van der Waals surface area contributed by atoms with E-state index in [2.05, 4.69) is 10.3 Å². The van der Waals surface area contributed by atoms with Gasteiger partial charge < -0.3 is 5.32 Å². The monoisotopic (exact) mass is 256 g/mol. The largest absolute Gasteiger partial charge is 0.313 e. The molecule has 5 heteroatoms. The van der Waals surface area contributed by atoms with E-state index in [0.29, 0.717) is 6.42 Å². The molecule has 1 aromatic heterocycles. The van der Waals surface area contributed by atoms with Gasteiger partial charge >= 0.3 is 0 Å². The van der Waals surface area contributed by atoms with E-state index >= 15 is 0 Å². The van der Waals surface area contributed by atoms with Gasteiger partial charge in [-0.2, -0.15) is 0 Å². The zero-order valence-electron chi connectivity index (χ0n) is 10.8. The molecule has 1 atom stereocenters. The van der Waals surface area contributed by atoms with Crippen molar-refractivity contribution in [3.05, 3.63) is 29.1 Å². The Morgan fingerprint density at radius 1 is 1.35 bits per heavy atom. The Balaban J connectivity index is 2.86. The fraction of sp³-hybridized carbons (Fsp3) is 0.583. The summed E-state index contributed by atoms with van der Waals surface area (Å²) < 4.78 is 22.4. The molecule has 0 spiro atoms. The second-order valence-corrected chi connectivity index (χ2v) is 6.65. The van der Waals surface area contributed by atoms with Crippen LogP contribution < -0.4 is 5.32 Å². The molecule has 0 amide bonds. The first-order chi connectivity index (χ1) is 7.83.